The van der Waals surface area contributed by atoms with Gasteiger partial charge in [-0.3, -0.25) is 9.59 Å². The van der Waals surface area contributed by atoms with Gasteiger partial charge in [-0.1, -0.05) is 19.1 Å². The number of ether oxygens (including phenoxy) is 2. The molecule has 1 aliphatic rings. The number of amides is 1. The van der Waals surface area contributed by atoms with Crippen LogP contribution in [0.3, 0.4) is 0 Å². The second kappa shape index (κ2) is 7.66. The Labute approximate surface area is 142 Å². The van der Waals surface area contributed by atoms with Crippen LogP contribution in [0.4, 0.5) is 0 Å². The Hall–Kier alpha value is -2.08. The van der Waals surface area contributed by atoms with Gasteiger partial charge in [-0.15, -0.1) is 0 Å². The van der Waals surface area contributed by atoms with Gasteiger partial charge in [0.25, 0.3) is 0 Å². The van der Waals surface area contributed by atoms with Crippen molar-refractivity contribution in [2.45, 2.75) is 19.8 Å². The number of carbonyl (C=O) groups excluding carboxylic acids is 1. The van der Waals surface area contributed by atoms with E-state index in [0.717, 1.165) is 11.3 Å². The average molecular weight is 335 g/mol. The summed E-state index contributed by atoms with van der Waals surface area (Å²) in [4.78, 5) is 25.9. The van der Waals surface area contributed by atoms with Crippen molar-refractivity contribution in [2.75, 3.05) is 33.9 Å². The molecule has 1 aromatic carbocycles. The Morgan fingerprint density at radius 2 is 1.96 bits per heavy atom. The molecule has 132 valence electrons. The van der Waals surface area contributed by atoms with Gasteiger partial charge in [0.1, 0.15) is 11.2 Å². The van der Waals surface area contributed by atoms with Crippen molar-refractivity contribution in [1.82, 2.24) is 4.90 Å². The minimum atomic E-state index is -0.982. The molecule has 0 radical (unpaired) electrons. The number of carbonyl (C=O) groups is 2. The molecule has 2 unspecified atom stereocenters. The zero-order valence-electron chi connectivity index (χ0n) is 14.4. The summed E-state index contributed by atoms with van der Waals surface area (Å²) in [7, 11) is 3.10. The highest BCUT2D eigenvalue weighted by molar-refractivity contribution is 5.82. The first kappa shape index (κ1) is 18.3. The molecule has 24 heavy (non-hydrogen) atoms. The number of methoxy groups -OCH3 is 2. The standard InChI is InChI=1S/C18H25NO5/c1-13(10-14-4-6-15(24-3)7-5-14)16(20)19-9-8-18(11-19,12-23-2)17(21)22/h4-7,13H,8-12H2,1-3H3,(H,21,22). The lowest BCUT2D eigenvalue weighted by atomic mass is 9.88. The molecule has 0 aromatic heterocycles. The molecule has 1 aliphatic heterocycles. The van der Waals surface area contributed by atoms with Crippen molar-refractivity contribution in [2.24, 2.45) is 11.3 Å². The van der Waals surface area contributed by atoms with E-state index >= 15 is 0 Å². The van der Waals surface area contributed by atoms with Gasteiger partial charge in [0, 0.05) is 26.1 Å². The highest BCUT2D eigenvalue weighted by Gasteiger charge is 2.46. The lowest BCUT2D eigenvalue weighted by molar-refractivity contribution is -0.151. The fourth-order valence-corrected chi connectivity index (χ4v) is 3.21. The van der Waals surface area contributed by atoms with Crippen molar-refractivity contribution in [3.05, 3.63) is 29.8 Å². The quantitative estimate of drug-likeness (QED) is 0.822. The van der Waals surface area contributed by atoms with E-state index in [2.05, 4.69) is 0 Å². The number of likely N-dealkylation sites (tertiary alicyclic amines) is 1. The van der Waals surface area contributed by atoms with E-state index in [9.17, 15) is 14.7 Å². The van der Waals surface area contributed by atoms with Crippen molar-refractivity contribution in [3.8, 4) is 5.75 Å². The Balaban J connectivity index is 1.99. The Bertz CT molecular complexity index is 586. The molecule has 1 aromatic rings. The van der Waals surface area contributed by atoms with E-state index in [-0.39, 0.29) is 25.0 Å². The first-order valence-electron chi connectivity index (χ1n) is 8.06. The average Bonchev–Trinajstić information content (AvgIpc) is 3.01. The molecular formula is C18H25NO5. The van der Waals surface area contributed by atoms with Gasteiger partial charge in [0.15, 0.2) is 0 Å². The fourth-order valence-electron chi connectivity index (χ4n) is 3.21. The number of hydrogen-bond acceptors (Lipinski definition) is 4. The summed E-state index contributed by atoms with van der Waals surface area (Å²) < 4.78 is 10.2. The maximum Gasteiger partial charge on any atom is 0.313 e. The summed E-state index contributed by atoms with van der Waals surface area (Å²) in [6.45, 7) is 2.67. The van der Waals surface area contributed by atoms with Gasteiger partial charge < -0.3 is 19.5 Å². The molecule has 0 spiro atoms. The highest BCUT2D eigenvalue weighted by atomic mass is 16.5. The second-order valence-electron chi connectivity index (χ2n) is 6.48. The number of nitrogens with zero attached hydrogens (tertiary/aromatic N) is 1. The molecule has 1 amide bonds. The maximum absolute atomic E-state index is 12.7. The van der Waals surface area contributed by atoms with Crippen molar-refractivity contribution < 1.29 is 24.2 Å². The van der Waals surface area contributed by atoms with E-state index in [1.807, 2.05) is 31.2 Å². The molecule has 6 nitrogen and oxygen atoms in total. The van der Waals surface area contributed by atoms with Crippen LogP contribution in [0, 0.1) is 11.3 Å². The number of aliphatic carboxylic acids is 1. The summed E-state index contributed by atoms with van der Waals surface area (Å²) in [6.07, 6.45) is 1.04. The first-order valence-corrected chi connectivity index (χ1v) is 8.06. The van der Waals surface area contributed by atoms with Crippen LogP contribution in [0.1, 0.15) is 18.9 Å². The molecule has 0 saturated carbocycles. The van der Waals surface area contributed by atoms with Crippen LogP contribution in [-0.4, -0.2) is 55.8 Å². The van der Waals surface area contributed by atoms with Crippen LogP contribution >= 0.6 is 0 Å². The topological polar surface area (TPSA) is 76.1 Å². The third kappa shape index (κ3) is 3.87. The number of carboxylic acids is 1. The summed E-state index contributed by atoms with van der Waals surface area (Å²) in [6, 6.07) is 7.63. The normalized spacial score (nSPS) is 21.5. The van der Waals surface area contributed by atoms with Gasteiger partial charge in [0.2, 0.25) is 5.91 Å². The lowest BCUT2D eigenvalue weighted by Gasteiger charge is -2.25. The molecule has 6 heteroatoms. The van der Waals surface area contributed by atoms with Crippen LogP contribution in [0.25, 0.3) is 0 Å². The van der Waals surface area contributed by atoms with Gasteiger partial charge in [0.05, 0.1) is 13.7 Å². The molecule has 1 saturated heterocycles. The van der Waals surface area contributed by atoms with Crippen LogP contribution in [0.5, 0.6) is 5.75 Å². The zero-order valence-corrected chi connectivity index (χ0v) is 14.4. The lowest BCUT2D eigenvalue weighted by Crippen LogP contribution is -2.41. The summed E-state index contributed by atoms with van der Waals surface area (Å²) in [5, 5.41) is 9.49. The Kier molecular flexibility index (Phi) is 5.83. The third-order valence-electron chi connectivity index (χ3n) is 4.66. The first-order chi connectivity index (χ1) is 11.4. The largest absolute Gasteiger partial charge is 0.497 e. The van der Waals surface area contributed by atoms with Gasteiger partial charge in [-0.25, -0.2) is 0 Å². The molecule has 2 atom stereocenters. The zero-order chi connectivity index (χ0) is 17.7. The van der Waals surface area contributed by atoms with Crippen LogP contribution < -0.4 is 4.74 Å². The van der Waals surface area contributed by atoms with E-state index in [1.54, 1.807) is 12.0 Å². The fraction of sp³-hybridized carbons (Fsp3) is 0.556. The van der Waals surface area contributed by atoms with Crippen LogP contribution in [0.2, 0.25) is 0 Å². The number of carboxylic acid groups (broad SMARTS) is 1. The Morgan fingerprint density at radius 3 is 2.50 bits per heavy atom. The molecule has 2 rings (SSSR count). The third-order valence-corrected chi connectivity index (χ3v) is 4.66. The van der Waals surface area contributed by atoms with E-state index in [1.165, 1.54) is 7.11 Å². The maximum atomic E-state index is 12.7. The highest BCUT2D eigenvalue weighted by Crippen LogP contribution is 2.32. The van der Waals surface area contributed by atoms with Gasteiger partial charge in [-0.2, -0.15) is 0 Å². The summed E-state index contributed by atoms with van der Waals surface area (Å²) in [5.74, 6) is -0.332. The predicted molar refractivity (Wildman–Crippen MR) is 89.0 cm³/mol. The summed E-state index contributed by atoms with van der Waals surface area (Å²) >= 11 is 0. The molecule has 1 N–H and O–H groups in total. The predicted octanol–water partition coefficient (Wildman–Crippen LogP) is 1.82. The Morgan fingerprint density at radius 1 is 1.29 bits per heavy atom. The molecule has 1 heterocycles. The number of benzene rings is 1. The second-order valence-corrected chi connectivity index (χ2v) is 6.48. The minimum absolute atomic E-state index is 0.00922. The van der Waals surface area contributed by atoms with Crippen LogP contribution in [0.15, 0.2) is 24.3 Å². The molecular weight excluding hydrogens is 310 g/mol. The molecule has 1 fully saturated rings. The van der Waals surface area contributed by atoms with Crippen molar-refractivity contribution in [3.63, 3.8) is 0 Å². The summed E-state index contributed by atoms with van der Waals surface area (Å²) in [5.41, 5.74) is 0.0711. The SMILES string of the molecule is COCC1(C(=O)O)CCN(C(=O)C(C)Cc2ccc(OC)cc2)C1. The number of rotatable bonds is 7. The number of hydrogen-bond donors (Lipinski definition) is 1. The van der Waals surface area contributed by atoms with Gasteiger partial charge in [-0.05, 0) is 30.5 Å². The molecule has 0 bridgehead atoms. The monoisotopic (exact) mass is 335 g/mol. The van der Waals surface area contributed by atoms with Gasteiger partial charge >= 0.3 is 5.97 Å². The van der Waals surface area contributed by atoms with E-state index in [0.29, 0.717) is 19.4 Å². The van der Waals surface area contributed by atoms with E-state index in [4.69, 9.17) is 9.47 Å². The van der Waals surface area contributed by atoms with Crippen molar-refractivity contribution >= 4 is 11.9 Å². The smallest absolute Gasteiger partial charge is 0.313 e. The van der Waals surface area contributed by atoms with Crippen molar-refractivity contribution in [1.29, 1.82) is 0 Å². The minimum Gasteiger partial charge on any atom is -0.497 e. The molecule has 0 aliphatic carbocycles. The van der Waals surface area contributed by atoms with E-state index < -0.39 is 11.4 Å². The van der Waals surface area contributed by atoms with Crippen LogP contribution in [-0.2, 0) is 20.7 Å².